The van der Waals surface area contributed by atoms with Gasteiger partial charge in [-0.3, -0.25) is 9.48 Å². The van der Waals surface area contributed by atoms with Crippen LogP contribution in [0.3, 0.4) is 0 Å². The number of hydrogen-bond donors (Lipinski definition) is 3. The van der Waals surface area contributed by atoms with Crippen molar-refractivity contribution in [2.24, 2.45) is 18.4 Å². The second kappa shape index (κ2) is 8.13. The van der Waals surface area contributed by atoms with Crippen molar-refractivity contribution in [3.63, 3.8) is 0 Å². The van der Waals surface area contributed by atoms with Gasteiger partial charge < -0.3 is 15.7 Å². The van der Waals surface area contributed by atoms with Crippen LogP contribution in [0.1, 0.15) is 38.7 Å². The van der Waals surface area contributed by atoms with Crippen LogP contribution in [0.15, 0.2) is 12.4 Å². The van der Waals surface area contributed by atoms with E-state index in [-0.39, 0.29) is 41.7 Å². The van der Waals surface area contributed by atoms with E-state index in [1.807, 2.05) is 19.4 Å². The summed E-state index contributed by atoms with van der Waals surface area (Å²) in [5.74, 6) is 0.192. The summed E-state index contributed by atoms with van der Waals surface area (Å²) < 4.78 is 1.77. The average Bonchev–Trinajstić information content (AvgIpc) is 3.02. The lowest BCUT2D eigenvalue weighted by molar-refractivity contribution is -0.125. The van der Waals surface area contributed by atoms with E-state index in [0.29, 0.717) is 19.5 Å². The molecule has 1 fully saturated rings. The Morgan fingerprint density at radius 2 is 2.26 bits per heavy atom. The summed E-state index contributed by atoms with van der Waals surface area (Å²) in [6.45, 7) is 7.98. The minimum Gasteiger partial charge on any atom is -0.393 e. The van der Waals surface area contributed by atoms with Crippen molar-refractivity contribution in [2.75, 3.05) is 19.6 Å². The number of amides is 1. The molecule has 132 valence electrons. The monoisotopic (exact) mass is 344 g/mol. The topological polar surface area (TPSA) is 79.2 Å². The van der Waals surface area contributed by atoms with E-state index in [0.717, 1.165) is 12.1 Å². The molecule has 0 saturated carbocycles. The highest BCUT2D eigenvalue weighted by Crippen LogP contribution is 2.28. The van der Waals surface area contributed by atoms with Gasteiger partial charge in [-0.1, -0.05) is 13.8 Å². The SMILES string of the molecule is CC(O)CC(C)(C)CNC(=O)[C@H]1CNC[C@@H]1c1cnn(C)c1.Cl. The fourth-order valence-electron chi connectivity index (χ4n) is 3.27. The highest BCUT2D eigenvalue weighted by Gasteiger charge is 2.35. The number of halogens is 1. The van der Waals surface area contributed by atoms with Crippen LogP contribution in [-0.2, 0) is 11.8 Å². The van der Waals surface area contributed by atoms with Gasteiger partial charge in [-0.2, -0.15) is 5.10 Å². The van der Waals surface area contributed by atoms with Crippen LogP contribution in [0.4, 0.5) is 0 Å². The van der Waals surface area contributed by atoms with Crippen molar-refractivity contribution in [3.05, 3.63) is 18.0 Å². The maximum absolute atomic E-state index is 12.5. The zero-order valence-corrected chi connectivity index (χ0v) is 15.2. The fourth-order valence-corrected chi connectivity index (χ4v) is 3.27. The predicted octanol–water partition coefficient (Wildman–Crippen LogP) is 1.06. The summed E-state index contributed by atoms with van der Waals surface area (Å²) in [7, 11) is 1.89. The molecule has 1 aliphatic rings. The second-order valence-corrected chi connectivity index (χ2v) is 7.25. The van der Waals surface area contributed by atoms with Crippen molar-refractivity contribution in [2.45, 2.75) is 39.2 Å². The number of carbonyl (C=O) groups excluding carboxylic acids is 1. The number of aryl methyl sites for hydroxylation is 1. The maximum atomic E-state index is 12.5. The first kappa shape index (κ1) is 19.9. The number of aromatic nitrogens is 2. The molecule has 1 saturated heterocycles. The van der Waals surface area contributed by atoms with Crippen molar-refractivity contribution in [1.82, 2.24) is 20.4 Å². The molecular weight excluding hydrogens is 316 g/mol. The van der Waals surface area contributed by atoms with Gasteiger partial charge in [0.2, 0.25) is 5.91 Å². The van der Waals surface area contributed by atoms with Gasteiger partial charge in [-0.25, -0.2) is 0 Å². The molecule has 1 aromatic rings. The van der Waals surface area contributed by atoms with Crippen molar-refractivity contribution < 1.29 is 9.90 Å². The zero-order chi connectivity index (χ0) is 16.3. The number of aliphatic hydroxyl groups excluding tert-OH is 1. The summed E-state index contributed by atoms with van der Waals surface area (Å²) in [6, 6.07) is 0. The number of nitrogens with zero attached hydrogens (tertiary/aromatic N) is 2. The molecular formula is C16H29ClN4O2. The van der Waals surface area contributed by atoms with Crippen molar-refractivity contribution >= 4 is 18.3 Å². The van der Waals surface area contributed by atoms with E-state index in [9.17, 15) is 9.90 Å². The lowest BCUT2D eigenvalue weighted by atomic mass is 9.86. The van der Waals surface area contributed by atoms with Gasteiger partial charge in [0.15, 0.2) is 0 Å². The van der Waals surface area contributed by atoms with E-state index >= 15 is 0 Å². The average molecular weight is 345 g/mol. The Balaban J connectivity index is 0.00000264. The Bertz CT molecular complexity index is 516. The summed E-state index contributed by atoms with van der Waals surface area (Å²) >= 11 is 0. The Hall–Kier alpha value is -1.11. The zero-order valence-electron chi connectivity index (χ0n) is 14.4. The van der Waals surface area contributed by atoms with Gasteiger partial charge in [0, 0.05) is 38.8 Å². The van der Waals surface area contributed by atoms with Crippen LogP contribution >= 0.6 is 12.4 Å². The Morgan fingerprint density at radius 3 is 2.83 bits per heavy atom. The number of nitrogens with one attached hydrogen (secondary N) is 2. The molecule has 3 N–H and O–H groups in total. The van der Waals surface area contributed by atoms with E-state index in [1.54, 1.807) is 11.6 Å². The highest BCUT2D eigenvalue weighted by molar-refractivity contribution is 5.85. The first-order valence-corrected chi connectivity index (χ1v) is 7.93. The van der Waals surface area contributed by atoms with Crippen molar-refractivity contribution in [1.29, 1.82) is 0 Å². The summed E-state index contributed by atoms with van der Waals surface area (Å²) in [6.07, 6.45) is 4.13. The lowest BCUT2D eigenvalue weighted by Crippen LogP contribution is -2.40. The molecule has 1 amide bonds. The standard InChI is InChI=1S/C16H28N4O2.ClH/c1-11(21)5-16(2,3)10-18-15(22)14-8-17-7-13(14)12-6-19-20(4)9-12;/h6,9,11,13-14,17,21H,5,7-8,10H2,1-4H3,(H,18,22);1H/t11?,13-,14+;/m1./s1. The normalized spacial score (nSPS) is 22.5. The first-order chi connectivity index (χ1) is 10.3. The molecule has 1 aromatic heterocycles. The van der Waals surface area contributed by atoms with Crippen LogP contribution < -0.4 is 10.6 Å². The largest absolute Gasteiger partial charge is 0.393 e. The van der Waals surface area contributed by atoms with Crippen LogP contribution in [0.5, 0.6) is 0 Å². The van der Waals surface area contributed by atoms with E-state index in [4.69, 9.17) is 0 Å². The minimum absolute atomic E-state index is 0. The first-order valence-electron chi connectivity index (χ1n) is 7.93. The Morgan fingerprint density at radius 1 is 1.57 bits per heavy atom. The van der Waals surface area contributed by atoms with Gasteiger partial charge in [0.1, 0.15) is 0 Å². The molecule has 3 atom stereocenters. The van der Waals surface area contributed by atoms with Gasteiger partial charge in [0.25, 0.3) is 0 Å². The third-order valence-corrected chi connectivity index (χ3v) is 4.29. The Labute approximate surface area is 144 Å². The summed E-state index contributed by atoms with van der Waals surface area (Å²) in [5, 5.41) is 20.1. The molecule has 1 aliphatic heterocycles. The molecule has 0 radical (unpaired) electrons. The van der Waals surface area contributed by atoms with Crippen LogP contribution in [0.2, 0.25) is 0 Å². The molecule has 0 aromatic carbocycles. The van der Waals surface area contributed by atoms with Crippen LogP contribution in [0, 0.1) is 11.3 Å². The number of hydrogen-bond acceptors (Lipinski definition) is 4. The van der Waals surface area contributed by atoms with Gasteiger partial charge in [0.05, 0.1) is 18.2 Å². The lowest BCUT2D eigenvalue weighted by Gasteiger charge is -2.27. The molecule has 1 unspecified atom stereocenters. The Kier molecular flexibility index (Phi) is 7.04. The van der Waals surface area contributed by atoms with Gasteiger partial charge in [-0.15, -0.1) is 12.4 Å². The number of rotatable bonds is 6. The molecule has 7 heteroatoms. The van der Waals surface area contributed by atoms with E-state index in [1.165, 1.54) is 0 Å². The third-order valence-electron chi connectivity index (χ3n) is 4.29. The molecule has 0 aliphatic carbocycles. The molecule has 0 bridgehead atoms. The van der Waals surface area contributed by atoms with Gasteiger partial charge >= 0.3 is 0 Å². The van der Waals surface area contributed by atoms with E-state index < -0.39 is 0 Å². The van der Waals surface area contributed by atoms with E-state index in [2.05, 4.69) is 29.6 Å². The summed E-state index contributed by atoms with van der Waals surface area (Å²) in [5.41, 5.74) is 0.996. The predicted molar refractivity (Wildman–Crippen MR) is 92.6 cm³/mol. The molecule has 6 nitrogen and oxygen atoms in total. The van der Waals surface area contributed by atoms with Crippen molar-refractivity contribution in [3.8, 4) is 0 Å². The molecule has 23 heavy (non-hydrogen) atoms. The number of carbonyl (C=O) groups is 1. The highest BCUT2D eigenvalue weighted by atomic mass is 35.5. The van der Waals surface area contributed by atoms with Gasteiger partial charge in [-0.05, 0) is 24.3 Å². The molecule has 2 heterocycles. The van der Waals surface area contributed by atoms with Crippen LogP contribution in [0.25, 0.3) is 0 Å². The summed E-state index contributed by atoms with van der Waals surface area (Å²) in [4.78, 5) is 12.5. The number of aliphatic hydroxyl groups is 1. The minimum atomic E-state index is -0.358. The second-order valence-electron chi connectivity index (χ2n) is 7.25. The third kappa shape index (κ3) is 5.48. The maximum Gasteiger partial charge on any atom is 0.225 e. The molecule has 0 spiro atoms. The molecule has 2 rings (SSSR count). The van der Waals surface area contributed by atoms with Crippen LogP contribution in [-0.4, -0.2) is 46.5 Å². The smallest absolute Gasteiger partial charge is 0.225 e. The quantitative estimate of drug-likeness (QED) is 0.721. The fraction of sp³-hybridized carbons (Fsp3) is 0.750.